The molecular weight excluding hydrogens is 423 g/mol. The van der Waals surface area contributed by atoms with Crippen molar-refractivity contribution in [2.24, 2.45) is 0 Å². The zero-order valence-corrected chi connectivity index (χ0v) is 16.8. The summed E-state index contributed by atoms with van der Waals surface area (Å²) in [4.78, 5) is 25.9. The minimum Gasteiger partial charge on any atom is -0.452 e. The van der Waals surface area contributed by atoms with E-state index in [-0.39, 0.29) is 28.4 Å². The molecule has 2 aromatic rings. The molecule has 7 nitrogen and oxygen atoms in total. The van der Waals surface area contributed by atoms with E-state index in [9.17, 15) is 22.4 Å². The largest absolute Gasteiger partial charge is 0.452 e. The summed E-state index contributed by atoms with van der Waals surface area (Å²) < 4.78 is 41.4. The van der Waals surface area contributed by atoms with Crippen molar-refractivity contribution in [3.05, 3.63) is 58.9 Å². The molecule has 0 aliphatic rings. The van der Waals surface area contributed by atoms with E-state index in [0.29, 0.717) is 5.69 Å². The highest BCUT2D eigenvalue weighted by atomic mass is 35.5. The van der Waals surface area contributed by atoms with Crippen LogP contribution in [0.1, 0.15) is 16.8 Å². The smallest absolute Gasteiger partial charge is 0.340 e. The first-order chi connectivity index (χ1) is 13.6. The summed E-state index contributed by atoms with van der Waals surface area (Å²) in [5.74, 6) is -2.11. The summed E-state index contributed by atoms with van der Waals surface area (Å²) in [6.07, 6.45) is 0.990. The standard InChI is InChI=1S/C19H16ClFN2O5S/c1-29(26,27)15-7-8-17(20)16(11-15)19(25)28-12-18(24)23(10-2-9-22)14-5-3-13(21)4-6-14/h3-8,11H,2,10,12H2,1H3. The van der Waals surface area contributed by atoms with Gasteiger partial charge in [-0.3, -0.25) is 4.79 Å². The molecule has 0 aromatic heterocycles. The van der Waals surface area contributed by atoms with Gasteiger partial charge in [0.2, 0.25) is 0 Å². The number of hydrogen-bond donors (Lipinski definition) is 0. The maximum Gasteiger partial charge on any atom is 0.340 e. The van der Waals surface area contributed by atoms with Crippen molar-refractivity contribution in [3.63, 3.8) is 0 Å². The second kappa shape index (κ2) is 9.49. The predicted molar refractivity (Wildman–Crippen MR) is 104 cm³/mol. The Morgan fingerprint density at radius 2 is 1.86 bits per heavy atom. The predicted octanol–water partition coefficient (Wildman–Crippen LogP) is 2.99. The molecule has 0 aliphatic carbocycles. The Labute approximate surface area is 172 Å². The molecule has 2 aromatic carbocycles. The van der Waals surface area contributed by atoms with E-state index in [1.807, 2.05) is 6.07 Å². The summed E-state index contributed by atoms with van der Waals surface area (Å²) in [6, 6.07) is 10.5. The highest BCUT2D eigenvalue weighted by Crippen LogP contribution is 2.22. The van der Waals surface area contributed by atoms with E-state index >= 15 is 0 Å². The van der Waals surface area contributed by atoms with E-state index < -0.39 is 34.1 Å². The highest BCUT2D eigenvalue weighted by Gasteiger charge is 2.21. The Morgan fingerprint density at radius 1 is 1.21 bits per heavy atom. The van der Waals surface area contributed by atoms with Gasteiger partial charge in [0.1, 0.15) is 5.82 Å². The fourth-order valence-corrected chi connectivity index (χ4v) is 3.20. The number of esters is 1. The maximum atomic E-state index is 13.1. The lowest BCUT2D eigenvalue weighted by molar-refractivity contribution is -0.121. The van der Waals surface area contributed by atoms with Crippen LogP contribution in [0, 0.1) is 17.1 Å². The molecule has 0 fully saturated rings. The number of amides is 1. The van der Waals surface area contributed by atoms with Gasteiger partial charge in [0.05, 0.1) is 28.0 Å². The van der Waals surface area contributed by atoms with Gasteiger partial charge in [-0.25, -0.2) is 17.6 Å². The molecule has 0 unspecified atom stereocenters. The quantitative estimate of drug-likeness (QED) is 0.615. The number of halogens is 2. The molecule has 0 radical (unpaired) electrons. The molecular formula is C19H16ClFN2O5S. The zero-order chi connectivity index (χ0) is 21.6. The lowest BCUT2D eigenvalue weighted by Crippen LogP contribution is -2.35. The molecule has 29 heavy (non-hydrogen) atoms. The Balaban J connectivity index is 2.16. The van der Waals surface area contributed by atoms with Crippen molar-refractivity contribution >= 4 is 39.0 Å². The first kappa shape index (κ1) is 22.3. The third-order valence-corrected chi connectivity index (χ3v) is 5.24. The van der Waals surface area contributed by atoms with Crippen LogP contribution < -0.4 is 4.90 Å². The highest BCUT2D eigenvalue weighted by molar-refractivity contribution is 7.90. The second-order valence-corrected chi connectivity index (χ2v) is 8.34. The number of carbonyl (C=O) groups excluding carboxylic acids is 2. The molecule has 0 spiro atoms. The van der Waals surface area contributed by atoms with E-state index in [1.54, 1.807) is 0 Å². The minimum atomic E-state index is -3.57. The van der Waals surface area contributed by atoms with Gasteiger partial charge in [-0.15, -0.1) is 0 Å². The summed E-state index contributed by atoms with van der Waals surface area (Å²) in [5, 5.41) is 8.75. The molecule has 0 bridgehead atoms. The average Bonchev–Trinajstić information content (AvgIpc) is 2.67. The number of anilines is 1. The van der Waals surface area contributed by atoms with Crippen LogP contribution in [0.25, 0.3) is 0 Å². The van der Waals surface area contributed by atoms with Crippen LogP contribution in [0.2, 0.25) is 5.02 Å². The fourth-order valence-electron chi connectivity index (χ4n) is 2.36. The monoisotopic (exact) mass is 438 g/mol. The Hall–Kier alpha value is -2.96. The number of carbonyl (C=O) groups is 2. The summed E-state index contributed by atoms with van der Waals surface area (Å²) in [7, 11) is -3.57. The molecule has 0 atom stereocenters. The molecule has 2 rings (SSSR count). The summed E-state index contributed by atoms with van der Waals surface area (Å²) in [6.45, 7) is -0.663. The molecule has 0 saturated heterocycles. The molecule has 0 heterocycles. The van der Waals surface area contributed by atoms with E-state index in [2.05, 4.69) is 0 Å². The maximum absolute atomic E-state index is 13.1. The number of hydrogen-bond acceptors (Lipinski definition) is 6. The number of ether oxygens (including phenoxy) is 1. The van der Waals surface area contributed by atoms with Crippen molar-refractivity contribution in [2.75, 3.05) is 24.3 Å². The van der Waals surface area contributed by atoms with Crippen LogP contribution in [-0.2, 0) is 19.4 Å². The van der Waals surface area contributed by atoms with Crippen molar-refractivity contribution in [1.29, 1.82) is 5.26 Å². The number of nitriles is 1. The van der Waals surface area contributed by atoms with Gasteiger partial charge < -0.3 is 9.64 Å². The van der Waals surface area contributed by atoms with Gasteiger partial charge in [-0.2, -0.15) is 5.26 Å². The Morgan fingerprint density at radius 3 is 2.45 bits per heavy atom. The average molecular weight is 439 g/mol. The van der Waals surface area contributed by atoms with Crippen LogP contribution in [0.15, 0.2) is 47.4 Å². The van der Waals surface area contributed by atoms with Gasteiger partial charge in [0, 0.05) is 18.5 Å². The molecule has 0 aliphatic heterocycles. The number of sulfone groups is 1. The minimum absolute atomic E-state index is 0.0132. The Kier molecular flexibility index (Phi) is 7.31. The van der Waals surface area contributed by atoms with Crippen molar-refractivity contribution in [2.45, 2.75) is 11.3 Å². The topological polar surface area (TPSA) is 105 Å². The third-order valence-electron chi connectivity index (χ3n) is 3.80. The molecule has 0 saturated carbocycles. The second-order valence-electron chi connectivity index (χ2n) is 5.92. The zero-order valence-electron chi connectivity index (χ0n) is 15.3. The lowest BCUT2D eigenvalue weighted by Gasteiger charge is -2.21. The molecule has 0 N–H and O–H groups in total. The SMILES string of the molecule is CS(=O)(=O)c1ccc(Cl)c(C(=O)OCC(=O)N(CCC#N)c2ccc(F)cc2)c1. The molecule has 152 valence electrons. The van der Waals surface area contributed by atoms with Gasteiger partial charge in [0.25, 0.3) is 5.91 Å². The first-order valence-electron chi connectivity index (χ1n) is 8.23. The van der Waals surface area contributed by atoms with E-state index in [4.69, 9.17) is 21.6 Å². The number of rotatable bonds is 7. The van der Waals surface area contributed by atoms with Crippen LogP contribution in [-0.4, -0.2) is 39.7 Å². The van der Waals surface area contributed by atoms with Crippen molar-refractivity contribution in [1.82, 2.24) is 0 Å². The fraction of sp³-hybridized carbons (Fsp3) is 0.211. The molecule has 10 heteroatoms. The third kappa shape index (κ3) is 6.01. The van der Waals surface area contributed by atoms with Crippen LogP contribution >= 0.6 is 11.6 Å². The van der Waals surface area contributed by atoms with Crippen molar-refractivity contribution < 1.29 is 27.1 Å². The Bertz CT molecular complexity index is 1060. The van der Waals surface area contributed by atoms with Gasteiger partial charge >= 0.3 is 5.97 Å². The number of benzene rings is 2. The number of nitrogens with zero attached hydrogens (tertiary/aromatic N) is 2. The molecule has 1 amide bonds. The summed E-state index contributed by atoms with van der Waals surface area (Å²) in [5.41, 5.74) is 0.132. The van der Waals surface area contributed by atoms with Crippen LogP contribution in [0.5, 0.6) is 0 Å². The van der Waals surface area contributed by atoms with Gasteiger partial charge in [-0.05, 0) is 42.5 Å². The van der Waals surface area contributed by atoms with E-state index in [0.717, 1.165) is 24.5 Å². The first-order valence-corrected chi connectivity index (χ1v) is 10.5. The normalized spacial score (nSPS) is 10.8. The van der Waals surface area contributed by atoms with Crippen molar-refractivity contribution in [3.8, 4) is 6.07 Å². The lowest BCUT2D eigenvalue weighted by atomic mass is 10.2. The van der Waals surface area contributed by atoms with Gasteiger partial charge in [0.15, 0.2) is 16.4 Å². The van der Waals surface area contributed by atoms with Crippen LogP contribution in [0.3, 0.4) is 0 Å². The van der Waals surface area contributed by atoms with E-state index in [1.165, 1.54) is 29.2 Å². The van der Waals surface area contributed by atoms with Gasteiger partial charge in [-0.1, -0.05) is 11.6 Å². The van der Waals surface area contributed by atoms with Crippen LogP contribution in [0.4, 0.5) is 10.1 Å². The summed E-state index contributed by atoms with van der Waals surface area (Å²) >= 11 is 5.94.